The van der Waals surface area contributed by atoms with Crippen molar-refractivity contribution in [2.75, 3.05) is 0 Å². The molecule has 4 rings (SSSR count). The Morgan fingerprint density at radius 3 is 2.36 bits per heavy atom. The standard InChI is InChI=1S/C19H23N2O/c1-10-11(2)13(4)20-14(5)21-17(16(20)12(10)3)18-15(8-9-22-18)19(21,6)7/h8-9H,1-7H3/q+1. The van der Waals surface area contributed by atoms with Gasteiger partial charge in [0.1, 0.15) is 11.2 Å². The third kappa shape index (κ3) is 1.26. The number of aryl methyl sites for hydroxylation is 3. The fourth-order valence-electron chi connectivity index (χ4n) is 4.28. The highest BCUT2D eigenvalue weighted by atomic mass is 16.3. The number of fused-ring (bicyclic) bond motifs is 5. The lowest BCUT2D eigenvalue weighted by molar-refractivity contribution is -0.736. The molecule has 0 spiro atoms. The summed E-state index contributed by atoms with van der Waals surface area (Å²) >= 11 is 0. The second kappa shape index (κ2) is 3.83. The van der Waals surface area contributed by atoms with E-state index in [1.807, 2.05) is 6.26 Å². The third-order valence-electron chi connectivity index (χ3n) is 5.78. The van der Waals surface area contributed by atoms with Crippen molar-refractivity contribution in [1.82, 2.24) is 4.40 Å². The summed E-state index contributed by atoms with van der Waals surface area (Å²) in [6.45, 7) is 15.6. The van der Waals surface area contributed by atoms with E-state index >= 15 is 0 Å². The molecule has 0 aliphatic carbocycles. The maximum Gasteiger partial charge on any atom is 0.260 e. The third-order valence-corrected chi connectivity index (χ3v) is 5.78. The van der Waals surface area contributed by atoms with E-state index in [4.69, 9.17) is 4.42 Å². The Bertz CT molecular complexity index is 954. The van der Waals surface area contributed by atoms with Crippen molar-refractivity contribution in [3.8, 4) is 11.5 Å². The fraction of sp³-hybridized carbons (Fsp3) is 0.421. The average Bonchev–Trinajstić information content (AvgIpc) is 3.09. The van der Waals surface area contributed by atoms with E-state index in [2.05, 4.69) is 63.5 Å². The Morgan fingerprint density at radius 1 is 1.00 bits per heavy atom. The van der Waals surface area contributed by atoms with Gasteiger partial charge in [-0.25, -0.2) is 4.57 Å². The lowest BCUT2D eigenvalue weighted by Crippen LogP contribution is -2.51. The van der Waals surface area contributed by atoms with Crippen LogP contribution >= 0.6 is 0 Å². The summed E-state index contributed by atoms with van der Waals surface area (Å²) in [4.78, 5) is 0. The number of rotatable bonds is 0. The zero-order valence-electron chi connectivity index (χ0n) is 14.5. The smallest absolute Gasteiger partial charge is 0.260 e. The summed E-state index contributed by atoms with van der Waals surface area (Å²) in [5, 5.41) is 0. The van der Waals surface area contributed by atoms with E-state index in [-0.39, 0.29) is 5.54 Å². The molecule has 1 aliphatic heterocycles. The number of imidazole rings is 1. The second-order valence-electron chi connectivity index (χ2n) is 7.10. The number of furan rings is 1. The molecule has 1 aliphatic rings. The van der Waals surface area contributed by atoms with Crippen molar-refractivity contribution < 1.29 is 8.98 Å². The minimum Gasteiger partial charge on any atom is -0.460 e. The highest BCUT2D eigenvalue weighted by Crippen LogP contribution is 2.43. The van der Waals surface area contributed by atoms with Crippen LogP contribution < -0.4 is 4.57 Å². The van der Waals surface area contributed by atoms with Crippen LogP contribution in [-0.2, 0) is 5.54 Å². The number of pyridine rings is 1. The van der Waals surface area contributed by atoms with E-state index in [9.17, 15) is 0 Å². The molecule has 0 bridgehead atoms. The monoisotopic (exact) mass is 295 g/mol. The van der Waals surface area contributed by atoms with Gasteiger partial charge in [0, 0.05) is 18.1 Å². The second-order valence-corrected chi connectivity index (χ2v) is 7.10. The zero-order chi connectivity index (χ0) is 16.0. The van der Waals surface area contributed by atoms with Crippen LogP contribution in [0, 0.1) is 34.6 Å². The highest BCUT2D eigenvalue weighted by molar-refractivity contribution is 5.80. The molecule has 4 heterocycles. The lowest BCUT2D eigenvalue weighted by atomic mass is 9.97. The van der Waals surface area contributed by atoms with E-state index in [1.165, 1.54) is 45.0 Å². The molecule has 0 atom stereocenters. The van der Waals surface area contributed by atoms with Crippen LogP contribution in [0.2, 0.25) is 0 Å². The zero-order valence-corrected chi connectivity index (χ0v) is 14.5. The molecule has 0 amide bonds. The summed E-state index contributed by atoms with van der Waals surface area (Å²) in [7, 11) is 0. The Labute approximate surface area is 131 Å². The highest BCUT2D eigenvalue weighted by Gasteiger charge is 2.48. The molecule has 0 N–H and O–H groups in total. The Morgan fingerprint density at radius 2 is 1.68 bits per heavy atom. The molecule has 0 saturated heterocycles. The number of hydrogen-bond donors (Lipinski definition) is 0. The molecular formula is C19H23N2O+. The number of nitrogens with zero attached hydrogens (tertiary/aromatic N) is 2. The largest absolute Gasteiger partial charge is 0.460 e. The van der Waals surface area contributed by atoms with Crippen LogP contribution in [0.15, 0.2) is 16.7 Å². The molecule has 3 heteroatoms. The van der Waals surface area contributed by atoms with Crippen LogP contribution in [-0.4, -0.2) is 4.40 Å². The first-order chi connectivity index (χ1) is 10.3. The maximum atomic E-state index is 5.89. The molecule has 114 valence electrons. The number of hydrogen-bond acceptors (Lipinski definition) is 1. The first kappa shape index (κ1) is 13.6. The van der Waals surface area contributed by atoms with Gasteiger partial charge in [0.2, 0.25) is 5.69 Å². The van der Waals surface area contributed by atoms with Crippen molar-refractivity contribution in [3.63, 3.8) is 0 Å². The predicted octanol–water partition coefficient (Wildman–Crippen LogP) is 4.13. The summed E-state index contributed by atoms with van der Waals surface area (Å²) < 4.78 is 10.7. The Hall–Kier alpha value is -2.03. The summed E-state index contributed by atoms with van der Waals surface area (Å²) in [6, 6.07) is 2.11. The molecule has 0 saturated carbocycles. The van der Waals surface area contributed by atoms with Gasteiger partial charge in [0.15, 0.2) is 11.3 Å². The van der Waals surface area contributed by atoms with Crippen molar-refractivity contribution in [2.24, 2.45) is 0 Å². The van der Waals surface area contributed by atoms with Gasteiger partial charge in [-0.3, -0.25) is 0 Å². The van der Waals surface area contributed by atoms with Crippen molar-refractivity contribution in [3.05, 3.63) is 46.1 Å². The molecule has 3 aromatic heterocycles. The topological polar surface area (TPSA) is 21.4 Å². The first-order valence-electron chi connectivity index (χ1n) is 7.90. The van der Waals surface area contributed by atoms with Gasteiger partial charge < -0.3 is 4.42 Å². The normalized spacial score (nSPS) is 15.4. The average molecular weight is 295 g/mol. The van der Waals surface area contributed by atoms with E-state index in [0.717, 1.165) is 5.76 Å². The van der Waals surface area contributed by atoms with Crippen LogP contribution in [0.5, 0.6) is 0 Å². The van der Waals surface area contributed by atoms with Crippen molar-refractivity contribution in [2.45, 2.75) is 54.0 Å². The minimum absolute atomic E-state index is 0.0749. The van der Waals surface area contributed by atoms with E-state index in [0.29, 0.717) is 0 Å². The number of aromatic nitrogens is 2. The SMILES string of the molecule is Cc1c(C)c(C)n2c(C)[n+]3c(c2c1C)-c1occc1C3(C)C. The Kier molecular flexibility index (Phi) is 2.37. The minimum atomic E-state index is -0.0749. The van der Waals surface area contributed by atoms with Crippen molar-refractivity contribution >= 4 is 5.52 Å². The van der Waals surface area contributed by atoms with Crippen LogP contribution in [0.25, 0.3) is 17.0 Å². The van der Waals surface area contributed by atoms with Gasteiger partial charge in [-0.2, -0.15) is 4.40 Å². The molecule has 3 aromatic rings. The molecular weight excluding hydrogens is 272 g/mol. The Balaban J connectivity index is 2.33. The fourth-order valence-corrected chi connectivity index (χ4v) is 4.28. The summed E-state index contributed by atoms with van der Waals surface area (Å²) in [5.41, 5.74) is 9.15. The molecule has 0 unspecified atom stereocenters. The van der Waals surface area contributed by atoms with Gasteiger partial charge in [0.25, 0.3) is 5.82 Å². The lowest BCUT2D eigenvalue weighted by Gasteiger charge is -2.17. The van der Waals surface area contributed by atoms with Crippen LogP contribution in [0.1, 0.15) is 47.6 Å². The molecule has 0 radical (unpaired) electrons. The van der Waals surface area contributed by atoms with Gasteiger partial charge in [-0.1, -0.05) is 0 Å². The van der Waals surface area contributed by atoms with Crippen molar-refractivity contribution in [1.29, 1.82) is 0 Å². The molecule has 22 heavy (non-hydrogen) atoms. The van der Waals surface area contributed by atoms with Gasteiger partial charge in [-0.05, 0) is 58.7 Å². The van der Waals surface area contributed by atoms with Crippen LogP contribution in [0.3, 0.4) is 0 Å². The first-order valence-corrected chi connectivity index (χ1v) is 7.90. The van der Waals surface area contributed by atoms with E-state index < -0.39 is 0 Å². The van der Waals surface area contributed by atoms with E-state index in [1.54, 1.807) is 0 Å². The summed E-state index contributed by atoms with van der Waals surface area (Å²) in [5.74, 6) is 2.30. The predicted molar refractivity (Wildman–Crippen MR) is 87.4 cm³/mol. The van der Waals surface area contributed by atoms with Crippen LogP contribution in [0.4, 0.5) is 0 Å². The van der Waals surface area contributed by atoms with Gasteiger partial charge in [0.05, 0.1) is 6.26 Å². The van der Waals surface area contributed by atoms with Gasteiger partial charge >= 0.3 is 0 Å². The molecule has 3 nitrogen and oxygen atoms in total. The molecule has 0 fully saturated rings. The quantitative estimate of drug-likeness (QED) is 0.571. The maximum absolute atomic E-state index is 5.89. The summed E-state index contributed by atoms with van der Waals surface area (Å²) in [6.07, 6.45) is 1.82. The molecule has 0 aromatic carbocycles. The van der Waals surface area contributed by atoms with Gasteiger partial charge in [-0.15, -0.1) is 0 Å².